The molecular formula is C19H21N3OS. The molecule has 2 heterocycles. The fourth-order valence-corrected chi connectivity index (χ4v) is 4.28. The average molecular weight is 339 g/mol. The van der Waals surface area contributed by atoms with Crippen molar-refractivity contribution in [2.45, 2.75) is 32.7 Å². The number of aryl methyl sites for hydroxylation is 1. The Labute approximate surface area is 146 Å². The molecule has 0 atom stereocenters. The molecule has 0 saturated carbocycles. The fraction of sp³-hybridized carbons (Fsp3) is 0.368. The van der Waals surface area contributed by atoms with Crippen molar-refractivity contribution in [3.05, 3.63) is 51.9 Å². The molecule has 0 unspecified atom stereocenters. The molecule has 1 aromatic carbocycles. The SMILES string of the molecule is CCN1CCc2c(sc(NC(=O)CCc3ccccc3)c2C#N)C1. The van der Waals surface area contributed by atoms with Crippen molar-refractivity contribution in [2.75, 3.05) is 18.4 Å². The zero-order valence-electron chi connectivity index (χ0n) is 13.8. The lowest BCUT2D eigenvalue weighted by Gasteiger charge is -2.24. The third-order valence-electron chi connectivity index (χ3n) is 4.43. The van der Waals surface area contributed by atoms with Crippen LogP contribution < -0.4 is 5.32 Å². The van der Waals surface area contributed by atoms with E-state index in [1.165, 1.54) is 4.88 Å². The van der Waals surface area contributed by atoms with Gasteiger partial charge in [-0.15, -0.1) is 11.3 Å². The predicted octanol–water partition coefficient (Wildman–Crippen LogP) is 3.57. The van der Waals surface area contributed by atoms with Gasteiger partial charge in [0.1, 0.15) is 11.1 Å². The van der Waals surface area contributed by atoms with Gasteiger partial charge < -0.3 is 5.32 Å². The summed E-state index contributed by atoms with van der Waals surface area (Å²) in [6.07, 6.45) is 2.03. The van der Waals surface area contributed by atoms with Gasteiger partial charge in [-0.05, 0) is 30.5 Å². The highest BCUT2D eigenvalue weighted by atomic mass is 32.1. The predicted molar refractivity (Wildman–Crippen MR) is 97.1 cm³/mol. The second-order valence-corrected chi connectivity index (χ2v) is 7.08. The van der Waals surface area contributed by atoms with Crippen LogP contribution in [-0.2, 0) is 24.2 Å². The highest BCUT2D eigenvalue weighted by molar-refractivity contribution is 7.16. The molecule has 24 heavy (non-hydrogen) atoms. The topological polar surface area (TPSA) is 56.1 Å². The lowest BCUT2D eigenvalue weighted by atomic mass is 10.0. The van der Waals surface area contributed by atoms with Gasteiger partial charge in [-0.1, -0.05) is 37.3 Å². The van der Waals surface area contributed by atoms with Gasteiger partial charge >= 0.3 is 0 Å². The number of hydrogen-bond donors (Lipinski definition) is 1. The van der Waals surface area contributed by atoms with Gasteiger partial charge in [0, 0.05) is 24.4 Å². The Morgan fingerprint density at radius 2 is 2.17 bits per heavy atom. The zero-order valence-corrected chi connectivity index (χ0v) is 14.7. The number of anilines is 1. The monoisotopic (exact) mass is 339 g/mol. The van der Waals surface area contributed by atoms with Crippen LogP contribution in [0.1, 0.15) is 34.9 Å². The Kier molecular flexibility index (Phi) is 5.29. The van der Waals surface area contributed by atoms with E-state index < -0.39 is 0 Å². The van der Waals surface area contributed by atoms with E-state index in [1.807, 2.05) is 30.3 Å². The highest BCUT2D eigenvalue weighted by Gasteiger charge is 2.24. The maximum atomic E-state index is 12.3. The molecule has 0 radical (unpaired) electrons. The van der Waals surface area contributed by atoms with E-state index in [9.17, 15) is 10.1 Å². The van der Waals surface area contributed by atoms with E-state index in [1.54, 1.807) is 11.3 Å². The van der Waals surface area contributed by atoms with Crippen molar-refractivity contribution in [3.8, 4) is 6.07 Å². The summed E-state index contributed by atoms with van der Waals surface area (Å²) < 4.78 is 0. The number of hydrogen-bond acceptors (Lipinski definition) is 4. The van der Waals surface area contributed by atoms with E-state index >= 15 is 0 Å². The molecule has 1 amide bonds. The Hall–Kier alpha value is -2.16. The van der Waals surface area contributed by atoms with Gasteiger partial charge in [-0.2, -0.15) is 5.26 Å². The molecule has 0 aliphatic carbocycles. The molecule has 4 nitrogen and oxygen atoms in total. The first-order valence-electron chi connectivity index (χ1n) is 8.32. The van der Waals surface area contributed by atoms with Crippen LogP contribution in [-0.4, -0.2) is 23.9 Å². The van der Waals surface area contributed by atoms with Gasteiger partial charge in [-0.25, -0.2) is 0 Å². The first-order chi connectivity index (χ1) is 11.7. The first-order valence-corrected chi connectivity index (χ1v) is 9.13. The molecule has 1 aliphatic rings. The number of fused-ring (bicyclic) bond motifs is 1. The van der Waals surface area contributed by atoms with E-state index in [2.05, 4.69) is 23.2 Å². The molecular weight excluding hydrogens is 318 g/mol. The smallest absolute Gasteiger partial charge is 0.225 e. The van der Waals surface area contributed by atoms with Gasteiger partial charge in [-0.3, -0.25) is 9.69 Å². The third kappa shape index (κ3) is 3.66. The van der Waals surface area contributed by atoms with Crippen LogP contribution in [0.25, 0.3) is 0 Å². The van der Waals surface area contributed by atoms with Gasteiger partial charge in [0.2, 0.25) is 5.91 Å². The van der Waals surface area contributed by atoms with E-state index in [0.29, 0.717) is 18.4 Å². The van der Waals surface area contributed by atoms with Gasteiger partial charge in [0.25, 0.3) is 0 Å². The van der Waals surface area contributed by atoms with Crippen LogP contribution >= 0.6 is 11.3 Å². The van der Waals surface area contributed by atoms with Gasteiger partial charge in [0.15, 0.2) is 0 Å². The Morgan fingerprint density at radius 3 is 2.88 bits per heavy atom. The summed E-state index contributed by atoms with van der Waals surface area (Å²) in [5.41, 5.74) is 2.95. The van der Waals surface area contributed by atoms with Crippen LogP contribution in [0.15, 0.2) is 30.3 Å². The number of benzene rings is 1. The number of rotatable bonds is 5. The van der Waals surface area contributed by atoms with Crippen molar-refractivity contribution in [1.82, 2.24) is 4.90 Å². The van der Waals surface area contributed by atoms with Gasteiger partial charge in [0.05, 0.1) is 5.56 Å². The average Bonchev–Trinajstić information content (AvgIpc) is 2.96. The molecule has 2 aromatic rings. The molecule has 3 rings (SSSR count). The number of nitrogens with one attached hydrogen (secondary N) is 1. The maximum Gasteiger partial charge on any atom is 0.225 e. The number of carbonyl (C=O) groups is 1. The number of nitrogens with zero attached hydrogens (tertiary/aromatic N) is 2. The van der Waals surface area contributed by atoms with Crippen molar-refractivity contribution in [2.24, 2.45) is 0 Å². The fourth-order valence-electron chi connectivity index (χ4n) is 3.02. The number of amides is 1. The minimum atomic E-state index is -0.0266. The van der Waals surface area contributed by atoms with Crippen LogP contribution in [0.4, 0.5) is 5.00 Å². The maximum absolute atomic E-state index is 12.3. The van der Waals surface area contributed by atoms with Crippen LogP contribution in [0.5, 0.6) is 0 Å². The standard InChI is InChI=1S/C19H21N3OS/c1-2-22-11-10-15-16(12-20)19(24-17(15)13-22)21-18(23)9-8-14-6-4-3-5-7-14/h3-7H,2,8-11,13H2,1H3,(H,21,23). The summed E-state index contributed by atoms with van der Waals surface area (Å²) in [5.74, 6) is -0.0266. The molecule has 5 heteroatoms. The lowest BCUT2D eigenvalue weighted by molar-refractivity contribution is -0.116. The second-order valence-electron chi connectivity index (χ2n) is 5.97. The number of carbonyl (C=O) groups excluding carboxylic acids is 1. The Morgan fingerprint density at radius 1 is 1.38 bits per heavy atom. The summed E-state index contributed by atoms with van der Waals surface area (Å²) >= 11 is 1.56. The molecule has 0 bridgehead atoms. The normalized spacial score (nSPS) is 14.0. The molecule has 0 fully saturated rings. The van der Waals surface area contributed by atoms with Crippen molar-refractivity contribution in [3.63, 3.8) is 0 Å². The third-order valence-corrected chi connectivity index (χ3v) is 5.56. The quantitative estimate of drug-likeness (QED) is 0.906. The Balaban J connectivity index is 1.68. The number of thiophene rings is 1. The van der Waals surface area contributed by atoms with Crippen molar-refractivity contribution < 1.29 is 4.79 Å². The molecule has 1 N–H and O–H groups in total. The van der Waals surface area contributed by atoms with E-state index in [4.69, 9.17) is 0 Å². The molecule has 1 aliphatic heterocycles. The summed E-state index contributed by atoms with van der Waals surface area (Å²) in [5, 5.41) is 13.2. The summed E-state index contributed by atoms with van der Waals surface area (Å²) in [6.45, 7) is 5.02. The summed E-state index contributed by atoms with van der Waals surface area (Å²) in [4.78, 5) is 15.8. The largest absolute Gasteiger partial charge is 0.317 e. The molecule has 0 spiro atoms. The van der Waals surface area contributed by atoms with E-state index in [-0.39, 0.29) is 5.91 Å². The summed E-state index contributed by atoms with van der Waals surface area (Å²) in [7, 11) is 0. The summed E-state index contributed by atoms with van der Waals surface area (Å²) in [6, 6.07) is 12.3. The minimum Gasteiger partial charge on any atom is -0.317 e. The van der Waals surface area contributed by atoms with Crippen molar-refractivity contribution in [1.29, 1.82) is 5.26 Å². The molecule has 0 saturated heterocycles. The van der Waals surface area contributed by atoms with Crippen LogP contribution in [0.3, 0.4) is 0 Å². The van der Waals surface area contributed by atoms with Crippen LogP contribution in [0.2, 0.25) is 0 Å². The molecule has 1 aromatic heterocycles. The highest BCUT2D eigenvalue weighted by Crippen LogP contribution is 2.36. The number of nitriles is 1. The number of likely N-dealkylation sites (N-methyl/N-ethyl adjacent to an activating group) is 1. The Bertz CT molecular complexity index is 761. The van der Waals surface area contributed by atoms with Crippen molar-refractivity contribution >= 4 is 22.2 Å². The minimum absolute atomic E-state index is 0.0266. The zero-order chi connectivity index (χ0) is 16.9. The lowest BCUT2D eigenvalue weighted by Crippen LogP contribution is -2.29. The van der Waals surface area contributed by atoms with E-state index in [0.717, 1.165) is 42.2 Å². The second kappa shape index (κ2) is 7.61. The first kappa shape index (κ1) is 16.7. The molecule has 124 valence electrons. The van der Waals surface area contributed by atoms with Crippen LogP contribution in [0, 0.1) is 11.3 Å².